The highest BCUT2D eigenvalue weighted by Gasteiger charge is 2.25. The fourth-order valence-electron chi connectivity index (χ4n) is 2.18. The van der Waals surface area contributed by atoms with Gasteiger partial charge in [0, 0.05) is 18.9 Å². The largest absolute Gasteiger partial charge is 0.369 e. The lowest BCUT2D eigenvalue weighted by atomic mass is 10.3. The van der Waals surface area contributed by atoms with E-state index in [-0.39, 0.29) is 24.9 Å². The smallest absolute Gasteiger partial charge is 0.246 e. The predicted molar refractivity (Wildman–Crippen MR) is 72.5 cm³/mol. The molecule has 20 heavy (non-hydrogen) atoms. The van der Waals surface area contributed by atoms with E-state index in [4.69, 9.17) is 0 Å². The van der Waals surface area contributed by atoms with Crippen LogP contribution in [-0.2, 0) is 9.59 Å². The van der Waals surface area contributed by atoms with Gasteiger partial charge in [0.05, 0.1) is 19.3 Å². The van der Waals surface area contributed by atoms with Gasteiger partial charge in [0.15, 0.2) is 11.5 Å². The summed E-state index contributed by atoms with van der Waals surface area (Å²) < 4.78 is 1.82. The molecule has 2 amide bonds. The standard InChI is InChI=1S/C12H14N6O2/c1-2-13-8-5-17-4-3-14-11(17)12(15-8)18-6-9(19)16-10(20)7-18/h3-5,13H,2,6-7H2,1H3,(H,16,19,20). The first-order chi connectivity index (χ1) is 9.67. The van der Waals surface area contributed by atoms with Gasteiger partial charge < -0.3 is 14.6 Å². The van der Waals surface area contributed by atoms with Crippen molar-refractivity contribution >= 4 is 29.1 Å². The lowest BCUT2D eigenvalue weighted by Gasteiger charge is -2.26. The number of imide groups is 1. The molecule has 1 fully saturated rings. The van der Waals surface area contributed by atoms with Crippen molar-refractivity contribution in [2.45, 2.75) is 6.92 Å². The second-order valence-electron chi connectivity index (χ2n) is 4.47. The molecule has 0 bridgehead atoms. The van der Waals surface area contributed by atoms with Gasteiger partial charge in [0.2, 0.25) is 11.8 Å². The molecule has 1 aliphatic heterocycles. The quantitative estimate of drug-likeness (QED) is 0.742. The van der Waals surface area contributed by atoms with Crippen LogP contribution in [0.25, 0.3) is 5.65 Å². The van der Waals surface area contributed by atoms with Crippen LogP contribution in [0.4, 0.5) is 11.6 Å². The van der Waals surface area contributed by atoms with Crippen LogP contribution in [-0.4, -0.2) is 45.8 Å². The Morgan fingerprint density at radius 2 is 2.10 bits per heavy atom. The molecule has 2 aromatic rings. The van der Waals surface area contributed by atoms with Gasteiger partial charge >= 0.3 is 0 Å². The van der Waals surface area contributed by atoms with Crippen LogP contribution in [0.2, 0.25) is 0 Å². The molecule has 3 rings (SSSR count). The van der Waals surface area contributed by atoms with Crippen molar-refractivity contribution in [1.82, 2.24) is 19.7 Å². The minimum absolute atomic E-state index is 0.0941. The number of hydrogen-bond acceptors (Lipinski definition) is 6. The molecule has 0 radical (unpaired) electrons. The third-order valence-electron chi connectivity index (χ3n) is 2.96. The maximum absolute atomic E-state index is 11.5. The molecule has 0 aromatic carbocycles. The predicted octanol–water partition coefficient (Wildman–Crippen LogP) is -0.376. The van der Waals surface area contributed by atoms with Crippen molar-refractivity contribution in [3.63, 3.8) is 0 Å². The number of hydrogen-bond donors (Lipinski definition) is 2. The fourth-order valence-corrected chi connectivity index (χ4v) is 2.18. The van der Waals surface area contributed by atoms with Crippen LogP contribution in [0.15, 0.2) is 18.6 Å². The molecule has 0 saturated carbocycles. The van der Waals surface area contributed by atoms with Gasteiger partial charge in [-0.3, -0.25) is 14.9 Å². The first kappa shape index (κ1) is 12.4. The lowest BCUT2D eigenvalue weighted by Crippen LogP contribution is -2.51. The van der Waals surface area contributed by atoms with Crippen molar-refractivity contribution in [3.8, 4) is 0 Å². The molecule has 8 heteroatoms. The molecule has 0 unspecified atom stereocenters. The minimum Gasteiger partial charge on any atom is -0.369 e. The Morgan fingerprint density at radius 1 is 1.35 bits per heavy atom. The summed E-state index contributed by atoms with van der Waals surface area (Å²) in [6.07, 6.45) is 5.27. The highest BCUT2D eigenvalue weighted by Crippen LogP contribution is 2.21. The SMILES string of the molecule is CCNc1cn2ccnc2c(N2CC(=O)NC(=O)C2)n1. The zero-order valence-electron chi connectivity index (χ0n) is 11.0. The number of aromatic nitrogens is 3. The Labute approximate surface area is 114 Å². The summed E-state index contributed by atoms with van der Waals surface area (Å²) in [5, 5.41) is 5.39. The molecular weight excluding hydrogens is 260 g/mol. The van der Waals surface area contributed by atoms with Crippen LogP contribution in [0, 0.1) is 0 Å². The number of carbonyl (C=O) groups is 2. The Balaban J connectivity index is 2.06. The number of imidazole rings is 1. The van der Waals surface area contributed by atoms with Crippen molar-refractivity contribution in [3.05, 3.63) is 18.6 Å². The van der Waals surface area contributed by atoms with Gasteiger partial charge in [0.25, 0.3) is 0 Å². The summed E-state index contributed by atoms with van der Waals surface area (Å²) in [5.74, 6) is 0.534. The number of nitrogens with one attached hydrogen (secondary N) is 2. The Bertz CT molecular complexity index is 664. The zero-order valence-corrected chi connectivity index (χ0v) is 11.0. The molecule has 2 N–H and O–H groups in total. The number of carbonyl (C=O) groups excluding carboxylic acids is 2. The summed E-state index contributed by atoms with van der Waals surface area (Å²) >= 11 is 0. The van der Waals surface area contributed by atoms with Gasteiger partial charge in [-0.15, -0.1) is 0 Å². The summed E-state index contributed by atoms with van der Waals surface area (Å²) in [6.45, 7) is 2.89. The maximum atomic E-state index is 11.5. The lowest BCUT2D eigenvalue weighted by molar-refractivity contribution is -0.130. The van der Waals surface area contributed by atoms with E-state index in [2.05, 4.69) is 20.6 Å². The first-order valence-electron chi connectivity index (χ1n) is 6.32. The number of fused-ring (bicyclic) bond motifs is 1. The number of nitrogens with zero attached hydrogens (tertiary/aromatic N) is 4. The van der Waals surface area contributed by atoms with Crippen molar-refractivity contribution in [2.24, 2.45) is 0 Å². The zero-order chi connectivity index (χ0) is 14.1. The molecule has 1 aliphatic rings. The van der Waals surface area contributed by atoms with Crippen molar-refractivity contribution in [2.75, 3.05) is 29.9 Å². The fraction of sp³-hybridized carbons (Fsp3) is 0.333. The summed E-state index contributed by atoms with van der Waals surface area (Å²) in [5.41, 5.74) is 0.620. The van der Waals surface area contributed by atoms with Gasteiger partial charge in [-0.05, 0) is 6.92 Å². The molecule has 0 aliphatic carbocycles. The Kier molecular flexibility index (Phi) is 2.97. The van der Waals surface area contributed by atoms with E-state index in [9.17, 15) is 9.59 Å². The number of piperazine rings is 1. The summed E-state index contributed by atoms with van der Waals surface area (Å²) in [6, 6.07) is 0. The van der Waals surface area contributed by atoms with E-state index >= 15 is 0 Å². The minimum atomic E-state index is -0.332. The highest BCUT2D eigenvalue weighted by molar-refractivity contribution is 6.03. The van der Waals surface area contributed by atoms with Gasteiger partial charge in [-0.2, -0.15) is 0 Å². The van der Waals surface area contributed by atoms with Crippen molar-refractivity contribution < 1.29 is 9.59 Å². The van der Waals surface area contributed by atoms with Gasteiger partial charge in [-0.1, -0.05) is 0 Å². The summed E-state index contributed by atoms with van der Waals surface area (Å²) in [7, 11) is 0. The van der Waals surface area contributed by atoms with E-state index in [0.29, 0.717) is 17.3 Å². The van der Waals surface area contributed by atoms with Crippen LogP contribution in [0.5, 0.6) is 0 Å². The molecule has 0 spiro atoms. The molecule has 2 aromatic heterocycles. The molecule has 1 saturated heterocycles. The van der Waals surface area contributed by atoms with E-state index in [1.807, 2.05) is 17.5 Å². The number of rotatable bonds is 3. The van der Waals surface area contributed by atoms with E-state index < -0.39 is 0 Å². The third-order valence-corrected chi connectivity index (χ3v) is 2.96. The highest BCUT2D eigenvalue weighted by atomic mass is 16.2. The molecule has 8 nitrogen and oxygen atoms in total. The Hall–Kier alpha value is -2.64. The third kappa shape index (κ3) is 2.15. The van der Waals surface area contributed by atoms with Crippen molar-refractivity contribution in [1.29, 1.82) is 0 Å². The Morgan fingerprint density at radius 3 is 2.80 bits per heavy atom. The number of anilines is 2. The molecular formula is C12H14N6O2. The second kappa shape index (κ2) is 4.80. The normalized spacial score (nSPS) is 15.6. The average molecular weight is 274 g/mol. The first-order valence-corrected chi connectivity index (χ1v) is 6.32. The summed E-state index contributed by atoms with van der Waals surface area (Å²) in [4.78, 5) is 33.3. The van der Waals surface area contributed by atoms with Crippen LogP contribution < -0.4 is 15.5 Å². The van der Waals surface area contributed by atoms with Gasteiger partial charge in [-0.25, -0.2) is 9.97 Å². The van der Waals surface area contributed by atoms with E-state index in [1.54, 1.807) is 17.3 Å². The molecule has 3 heterocycles. The monoisotopic (exact) mass is 274 g/mol. The van der Waals surface area contributed by atoms with Gasteiger partial charge in [0.1, 0.15) is 5.82 Å². The van der Waals surface area contributed by atoms with Crippen LogP contribution in [0.1, 0.15) is 6.92 Å². The number of amides is 2. The topological polar surface area (TPSA) is 91.6 Å². The second-order valence-corrected chi connectivity index (χ2v) is 4.47. The average Bonchev–Trinajstić information content (AvgIpc) is 2.85. The molecule has 104 valence electrons. The van der Waals surface area contributed by atoms with E-state index in [0.717, 1.165) is 6.54 Å². The van der Waals surface area contributed by atoms with Crippen LogP contribution in [0.3, 0.4) is 0 Å². The van der Waals surface area contributed by atoms with E-state index in [1.165, 1.54) is 0 Å². The molecule has 0 atom stereocenters. The van der Waals surface area contributed by atoms with Crippen LogP contribution >= 0.6 is 0 Å². The maximum Gasteiger partial charge on any atom is 0.246 e.